The van der Waals surface area contributed by atoms with Gasteiger partial charge in [-0.1, -0.05) is 24.3 Å². The summed E-state index contributed by atoms with van der Waals surface area (Å²) < 4.78 is 21.6. The molecule has 0 spiro atoms. The number of benzene rings is 3. The maximum Gasteiger partial charge on any atom is 0.337 e. The van der Waals surface area contributed by atoms with Crippen LogP contribution in [0.15, 0.2) is 77.9 Å². The van der Waals surface area contributed by atoms with Gasteiger partial charge in [-0.05, 0) is 59.7 Å². The topological polar surface area (TPSA) is 95.5 Å². The zero-order valence-corrected chi connectivity index (χ0v) is 17.9. The summed E-state index contributed by atoms with van der Waals surface area (Å²) in [7, 11) is 1.35. The fourth-order valence-electron chi connectivity index (χ4n) is 3.06. The number of para-hydroxylation sites is 2. The molecule has 0 radical (unpaired) electrons. The van der Waals surface area contributed by atoms with Crippen LogP contribution >= 0.6 is 0 Å². The molecule has 33 heavy (non-hydrogen) atoms. The third-order valence-corrected chi connectivity index (χ3v) is 4.85. The highest BCUT2D eigenvalue weighted by Gasteiger charge is 2.26. The molecule has 0 saturated carbocycles. The smallest absolute Gasteiger partial charge is 0.337 e. The van der Waals surface area contributed by atoms with E-state index in [1.54, 1.807) is 36.4 Å². The summed E-state index contributed by atoms with van der Waals surface area (Å²) in [5.74, 6) is 1.06. The van der Waals surface area contributed by atoms with Gasteiger partial charge in [-0.2, -0.15) is 5.10 Å². The number of fused-ring (bicyclic) bond motifs is 1. The van der Waals surface area contributed by atoms with E-state index >= 15 is 0 Å². The Kier molecular flexibility index (Phi) is 6.84. The van der Waals surface area contributed by atoms with Crippen molar-refractivity contribution >= 4 is 18.1 Å². The number of nitrogens with zero attached hydrogens (tertiary/aromatic N) is 1. The molecule has 168 valence electrons. The number of hydrogen-bond donors (Lipinski definition) is 1. The number of carbonyl (C=O) groups excluding carboxylic acids is 2. The minimum Gasteiger partial charge on any atom is -0.489 e. The summed E-state index contributed by atoms with van der Waals surface area (Å²) in [5.41, 5.74) is 4.67. The van der Waals surface area contributed by atoms with Crippen LogP contribution in [0.1, 0.15) is 21.5 Å². The molecule has 0 aliphatic carbocycles. The predicted octanol–water partition coefficient (Wildman–Crippen LogP) is 3.34. The summed E-state index contributed by atoms with van der Waals surface area (Å²) in [6.07, 6.45) is 0.764. The number of hydrogen-bond acceptors (Lipinski definition) is 7. The number of esters is 1. The SMILES string of the molecule is COC(=O)c1ccc(COc2ccc(/C=N/NC(=O)C3COc4ccccc4O3)cc2)cc1. The zero-order valence-electron chi connectivity index (χ0n) is 17.9. The molecule has 1 N–H and O–H groups in total. The lowest BCUT2D eigenvalue weighted by molar-refractivity contribution is -0.130. The van der Waals surface area contributed by atoms with Crippen molar-refractivity contribution in [1.29, 1.82) is 0 Å². The molecule has 1 atom stereocenters. The molecule has 0 aromatic heterocycles. The van der Waals surface area contributed by atoms with E-state index in [4.69, 9.17) is 14.2 Å². The van der Waals surface area contributed by atoms with E-state index < -0.39 is 6.10 Å². The largest absolute Gasteiger partial charge is 0.489 e. The van der Waals surface area contributed by atoms with E-state index in [1.165, 1.54) is 13.3 Å². The lowest BCUT2D eigenvalue weighted by Gasteiger charge is -2.24. The van der Waals surface area contributed by atoms with Crippen LogP contribution in [-0.4, -0.2) is 37.9 Å². The quantitative estimate of drug-likeness (QED) is 0.340. The summed E-state index contributed by atoms with van der Waals surface area (Å²) in [5, 5.41) is 3.99. The van der Waals surface area contributed by atoms with Crippen LogP contribution in [0.4, 0.5) is 0 Å². The summed E-state index contributed by atoms with van der Waals surface area (Å²) >= 11 is 0. The van der Waals surface area contributed by atoms with E-state index in [-0.39, 0.29) is 18.5 Å². The molecule has 0 saturated heterocycles. The fourth-order valence-corrected chi connectivity index (χ4v) is 3.06. The van der Waals surface area contributed by atoms with Crippen LogP contribution in [0.3, 0.4) is 0 Å². The zero-order chi connectivity index (χ0) is 23.0. The van der Waals surface area contributed by atoms with Crippen LogP contribution in [-0.2, 0) is 16.1 Å². The predicted molar refractivity (Wildman–Crippen MR) is 121 cm³/mol. The molecule has 1 aliphatic heterocycles. The Morgan fingerprint density at radius 2 is 1.76 bits per heavy atom. The molecule has 0 fully saturated rings. The number of ether oxygens (including phenoxy) is 4. The van der Waals surface area contributed by atoms with Crippen molar-refractivity contribution in [1.82, 2.24) is 5.43 Å². The lowest BCUT2D eigenvalue weighted by atomic mass is 10.1. The average Bonchev–Trinajstić information content (AvgIpc) is 2.87. The Morgan fingerprint density at radius 3 is 2.48 bits per heavy atom. The van der Waals surface area contributed by atoms with Crippen LogP contribution < -0.4 is 19.6 Å². The Morgan fingerprint density at radius 1 is 1.03 bits per heavy atom. The second kappa shape index (κ2) is 10.3. The van der Waals surface area contributed by atoms with Crippen molar-refractivity contribution in [3.63, 3.8) is 0 Å². The lowest BCUT2D eigenvalue weighted by Crippen LogP contribution is -2.42. The van der Waals surface area contributed by atoms with Gasteiger partial charge in [0.2, 0.25) is 6.10 Å². The van der Waals surface area contributed by atoms with Crippen LogP contribution in [0.5, 0.6) is 17.2 Å². The maximum absolute atomic E-state index is 12.3. The number of carbonyl (C=O) groups is 2. The first-order valence-electron chi connectivity index (χ1n) is 10.2. The van der Waals surface area contributed by atoms with Gasteiger partial charge in [0.15, 0.2) is 11.5 Å². The molecular formula is C25H22N2O6. The molecule has 8 heteroatoms. The third kappa shape index (κ3) is 5.68. The van der Waals surface area contributed by atoms with Crippen molar-refractivity contribution < 1.29 is 28.5 Å². The minimum atomic E-state index is -0.769. The highest BCUT2D eigenvalue weighted by atomic mass is 16.6. The molecule has 3 aromatic carbocycles. The Balaban J connectivity index is 1.24. The minimum absolute atomic E-state index is 0.121. The first kappa shape index (κ1) is 21.9. The fraction of sp³-hybridized carbons (Fsp3) is 0.160. The van der Waals surface area contributed by atoms with Gasteiger partial charge in [0.25, 0.3) is 5.91 Å². The van der Waals surface area contributed by atoms with Gasteiger partial charge < -0.3 is 18.9 Å². The Bertz CT molecular complexity index is 1140. The molecule has 4 rings (SSSR count). The Hall–Kier alpha value is -4.33. The van der Waals surface area contributed by atoms with Crippen molar-refractivity contribution in [3.8, 4) is 17.2 Å². The molecule has 1 amide bonds. The van der Waals surface area contributed by atoms with Crippen LogP contribution in [0.25, 0.3) is 0 Å². The van der Waals surface area contributed by atoms with Crippen molar-refractivity contribution in [2.24, 2.45) is 5.10 Å². The number of amides is 1. The second-order valence-electron chi connectivity index (χ2n) is 7.14. The molecular weight excluding hydrogens is 424 g/mol. The monoisotopic (exact) mass is 446 g/mol. The number of hydrazone groups is 1. The highest BCUT2D eigenvalue weighted by molar-refractivity contribution is 5.89. The number of methoxy groups -OCH3 is 1. The molecule has 1 aliphatic rings. The summed E-state index contributed by atoms with van der Waals surface area (Å²) in [6.45, 7) is 0.480. The van der Waals surface area contributed by atoms with Gasteiger partial charge in [0.1, 0.15) is 19.0 Å². The standard InChI is InChI=1S/C25H22N2O6/c1-30-25(29)19-10-6-18(7-11-19)15-31-20-12-8-17(9-13-20)14-26-27-24(28)23-16-32-21-4-2-3-5-22(21)33-23/h2-14,23H,15-16H2,1H3,(H,27,28)/b26-14+. The van der Waals surface area contributed by atoms with Crippen molar-refractivity contribution in [3.05, 3.63) is 89.5 Å². The van der Waals surface area contributed by atoms with Crippen LogP contribution in [0, 0.1) is 0 Å². The Labute approximate surface area is 190 Å². The van der Waals surface area contributed by atoms with E-state index in [2.05, 4.69) is 15.3 Å². The van der Waals surface area contributed by atoms with Gasteiger partial charge in [-0.3, -0.25) is 4.79 Å². The van der Waals surface area contributed by atoms with Gasteiger partial charge in [-0.15, -0.1) is 0 Å². The van der Waals surface area contributed by atoms with Crippen molar-refractivity contribution in [2.75, 3.05) is 13.7 Å². The highest BCUT2D eigenvalue weighted by Crippen LogP contribution is 2.30. The third-order valence-electron chi connectivity index (χ3n) is 4.85. The number of rotatable bonds is 7. The first-order chi connectivity index (χ1) is 16.1. The van der Waals surface area contributed by atoms with Gasteiger partial charge in [-0.25, -0.2) is 10.2 Å². The first-order valence-corrected chi connectivity index (χ1v) is 10.2. The van der Waals surface area contributed by atoms with Crippen molar-refractivity contribution in [2.45, 2.75) is 12.7 Å². The summed E-state index contributed by atoms with van der Waals surface area (Å²) in [6, 6.07) is 21.5. The molecule has 0 bridgehead atoms. The van der Waals surface area contributed by atoms with Gasteiger partial charge in [0, 0.05) is 0 Å². The maximum atomic E-state index is 12.3. The molecule has 8 nitrogen and oxygen atoms in total. The normalized spacial score (nSPS) is 14.5. The van der Waals surface area contributed by atoms with Crippen LogP contribution in [0.2, 0.25) is 0 Å². The summed E-state index contributed by atoms with van der Waals surface area (Å²) in [4.78, 5) is 23.7. The molecule has 1 heterocycles. The molecule has 3 aromatic rings. The van der Waals surface area contributed by atoms with E-state index in [0.717, 1.165) is 11.1 Å². The molecule has 1 unspecified atom stereocenters. The second-order valence-corrected chi connectivity index (χ2v) is 7.14. The average molecular weight is 446 g/mol. The van der Waals surface area contributed by atoms with E-state index in [0.29, 0.717) is 29.4 Å². The van der Waals surface area contributed by atoms with Gasteiger partial charge in [0.05, 0.1) is 18.9 Å². The number of nitrogens with one attached hydrogen (secondary N) is 1. The van der Waals surface area contributed by atoms with E-state index in [1.807, 2.05) is 36.4 Å². The van der Waals surface area contributed by atoms with Gasteiger partial charge >= 0.3 is 5.97 Å². The van der Waals surface area contributed by atoms with E-state index in [9.17, 15) is 9.59 Å².